The van der Waals surface area contributed by atoms with E-state index < -0.39 is 0 Å². The van der Waals surface area contributed by atoms with Crippen LogP contribution in [0.25, 0.3) is 0 Å². The Bertz CT molecular complexity index is 375. The van der Waals surface area contributed by atoms with E-state index in [2.05, 4.69) is 4.90 Å². The molecule has 0 aliphatic carbocycles. The molecule has 1 aromatic rings. The zero-order valence-corrected chi connectivity index (χ0v) is 9.83. The molecule has 1 fully saturated rings. The van der Waals surface area contributed by atoms with Gasteiger partial charge in [0.25, 0.3) is 0 Å². The Hall–Kier alpha value is -1.06. The van der Waals surface area contributed by atoms with Crippen LogP contribution in [0.15, 0.2) is 24.3 Å². The predicted octanol–water partition coefficient (Wildman–Crippen LogP) is 2.19. The highest BCUT2D eigenvalue weighted by Crippen LogP contribution is 2.12. The Labute approximate surface area is 100 Å². The maximum atomic E-state index is 8.02. The molecule has 1 aliphatic heterocycles. The third kappa shape index (κ3) is 2.97. The number of ether oxygens (including phenoxy) is 1. The van der Waals surface area contributed by atoms with Gasteiger partial charge in [-0.25, -0.2) is 0 Å². The largest absolute Gasteiger partial charge is 0.378 e. The maximum absolute atomic E-state index is 8.02. The lowest BCUT2D eigenvalue weighted by Gasteiger charge is -2.29. The summed E-state index contributed by atoms with van der Waals surface area (Å²) in [5.41, 5.74) is 1.09. The Morgan fingerprint density at radius 3 is 2.81 bits per heavy atom. The fourth-order valence-electron chi connectivity index (χ4n) is 1.79. The molecule has 0 spiro atoms. The van der Waals surface area contributed by atoms with Gasteiger partial charge in [0, 0.05) is 24.5 Å². The minimum absolute atomic E-state index is 0.639. The van der Waals surface area contributed by atoms with Gasteiger partial charge in [0.2, 0.25) is 0 Å². The first kappa shape index (κ1) is 11.4. The highest BCUT2D eigenvalue weighted by Gasteiger charge is 2.13. The van der Waals surface area contributed by atoms with Crippen LogP contribution < -0.4 is 0 Å². The molecular formula is C12H15ClN2O. The Morgan fingerprint density at radius 1 is 1.38 bits per heavy atom. The van der Waals surface area contributed by atoms with Gasteiger partial charge in [-0.3, -0.25) is 5.41 Å². The number of hydrogen-bond donors (Lipinski definition) is 1. The van der Waals surface area contributed by atoms with Gasteiger partial charge in [-0.2, -0.15) is 0 Å². The van der Waals surface area contributed by atoms with E-state index >= 15 is 0 Å². The summed E-state index contributed by atoms with van der Waals surface area (Å²) >= 11 is 5.91. The monoisotopic (exact) mass is 238 g/mol. The summed E-state index contributed by atoms with van der Waals surface area (Å²) in [5.74, 6) is 0.644. The van der Waals surface area contributed by atoms with Crippen LogP contribution in [0.2, 0.25) is 5.02 Å². The van der Waals surface area contributed by atoms with Crippen LogP contribution in [0.5, 0.6) is 0 Å². The molecule has 4 heteroatoms. The first-order valence-corrected chi connectivity index (χ1v) is 5.78. The second-order valence-electron chi connectivity index (χ2n) is 3.85. The van der Waals surface area contributed by atoms with E-state index in [-0.39, 0.29) is 0 Å². The predicted molar refractivity (Wildman–Crippen MR) is 65.3 cm³/mol. The number of hydrogen-bond acceptors (Lipinski definition) is 2. The van der Waals surface area contributed by atoms with Crippen LogP contribution in [0.3, 0.4) is 0 Å². The summed E-state index contributed by atoms with van der Waals surface area (Å²) in [5, 5.41) is 8.75. The van der Waals surface area contributed by atoms with E-state index in [0.717, 1.165) is 36.9 Å². The van der Waals surface area contributed by atoms with Crippen LogP contribution >= 0.6 is 11.6 Å². The van der Waals surface area contributed by atoms with Crippen molar-refractivity contribution in [3.05, 3.63) is 34.9 Å². The van der Waals surface area contributed by atoms with Crippen LogP contribution in [0.4, 0.5) is 0 Å². The summed E-state index contributed by atoms with van der Waals surface area (Å²) in [4.78, 5) is 2.06. The lowest BCUT2D eigenvalue weighted by Crippen LogP contribution is -2.41. The lowest BCUT2D eigenvalue weighted by atomic mass is 10.1. The van der Waals surface area contributed by atoms with Gasteiger partial charge in [-0.1, -0.05) is 23.7 Å². The third-order valence-electron chi connectivity index (χ3n) is 2.65. The van der Waals surface area contributed by atoms with Crippen molar-refractivity contribution in [1.29, 1.82) is 5.41 Å². The lowest BCUT2D eigenvalue weighted by molar-refractivity contribution is 0.0670. The molecule has 0 radical (unpaired) electrons. The van der Waals surface area contributed by atoms with Gasteiger partial charge < -0.3 is 9.64 Å². The molecule has 1 heterocycles. The first-order valence-electron chi connectivity index (χ1n) is 5.40. The van der Waals surface area contributed by atoms with E-state index in [0.29, 0.717) is 12.3 Å². The Kier molecular flexibility index (Phi) is 3.80. The molecule has 16 heavy (non-hydrogen) atoms. The van der Waals surface area contributed by atoms with Crippen LogP contribution in [-0.2, 0) is 11.2 Å². The highest BCUT2D eigenvalue weighted by molar-refractivity contribution is 6.30. The van der Waals surface area contributed by atoms with E-state index in [9.17, 15) is 0 Å². The molecule has 0 saturated carbocycles. The molecule has 0 bridgehead atoms. The second-order valence-corrected chi connectivity index (χ2v) is 4.29. The summed E-state index contributed by atoms with van der Waals surface area (Å²) in [6.07, 6.45) is 0.639. The van der Waals surface area contributed by atoms with Crippen molar-refractivity contribution in [2.45, 2.75) is 6.42 Å². The van der Waals surface area contributed by atoms with Gasteiger partial charge in [-0.15, -0.1) is 0 Å². The number of morpholine rings is 1. The summed E-state index contributed by atoms with van der Waals surface area (Å²) in [6.45, 7) is 3.08. The van der Waals surface area contributed by atoms with Crippen LogP contribution in [-0.4, -0.2) is 37.0 Å². The summed E-state index contributed by atoms with van der Waals surface area (Å²) in [6, 6.07) is 7.69. The molecule has 3 nitrogen and oxygen atoms in total. The van der Waals surface area contributed by atoms with Crippen molar-refractivity contribution in [2.24, 2.45) is 0 Å². The zero-order valence-electron chi connectivity index (χ0n) is 9.08. The third-order valence-corrected chi connectivity index (χ3v) is 2.89. The van der Waals surface area contributed by atoms with Gasteiger partial charge in [0.05, 0.1) is 13.2 Å². The van der Waals surface area contributed by atoms with Crippen molar-refractivity contribution in [2.75, 3.05) is 26.3 Å². The van der Waals surface area contributed by atoms with Crippen LogP contribution in [0.1, 0.15) is 5.56 Å². The van der Waals surface area contributed by atoms with E-state index in [1.54, 1.807) is 0 Å². The molecule has 1 saturated heterocycles. The molecule has 1 aromatic carbocycles. The normalized spacial score (nSPS) is 16.2. The Morgan fingerprint density at radius 2 is 2.12 bits per heavy atom. The van der Waals surface area contributed by atoms with E-state index in [1.807, 2.05) is 24.3 Å². The van der Waals surface area contributed by atoms with E-state index in [4.69, 9.17) is 21.7 Å². The molecule has 0 unspecified atom stereocenters. The molecule has 0 amide bonds. The minimum atomic E-state index is 0.639. The van der Waals surface area contributed by atoms with Crippen molar-refractivity contribution >= 4 is 17.4 Å². The molecule has 0 aromatic heterocycles. The van der Waals surface area contributed by atoms with Gasteiger partial charge >= 0.3 is 0 Å². The molecule has 0 atom stereocenters. The molecule has 1 N–H and O–H groups in total. The van der Waals surface area contributed by atoms with Crippen molar-refractivity contribution in [3.63, 3.8) is 0 Å². The topological polar surface area (TPSA) is 36.3 Å². The number of halogens is 1. The quantitative estimate of drug-likeness (QED) is 0.634. The number of rotatable bonds is 2. The summed E-state index contributed by atoms with van der Waals surface area (Å²) in [7, 11) is 0. The van der Waals surface area contributed by atoms with E-state index in [1.165, 1.54) is 0 Å². The fourth-order valence-corrected chi connectivity index (χ4v) is 2.00. The Balaban J connectivity index is 1.96. The highest BCUT2D eigenvalue weighted by atomic mass is 35.5. The average molecular weight is 239 g/mol. The van der Waals surface area contributed by atoms with Crippen molar-refractivity contribution in [1.82, 2.24) is 4.90 Å². The average Bonchev–Trinajstić information content (AvgIpc) is 2.30. The summed E-state index contributed by atoms with van der Waals surface area (Å²) < 4.78 is 5.26. The molecular weight excluding hydrogens is 224 g/mol. The first-order chi connectivity index (χ1) is 7.75. The fraction of sp³-hybridized carbons (Fsp3) is 0.417. The van der Waals surface area contributed by atoms with Gasteiger partial charge in [0.15, 0.2) is 0 Å². The number of benzene rings is 1. The SMILES string of the molecule is N=C(Cc1cccc(Cl)c1)N1CCOCC1. The van der Waals surface area contributed by atoms with Crippen LogP contribution in [0, 0.1) is 5.41 Å². The number of nitrogens with one attached hydrogen (secondary N) is 1. The smallest absolute Gasteiger partial charge is 0.100 e. The second kappa shape index (κ2) is 5.32. The van der Waals surface area contributed by atoms with Gasteiger partial charge in [0.1, 0.15) is 5.84 Å². The number of nitrogens with zero attached hydrogens (tertiary/aromatic N) is 1. The molecule has 86 valence electrons. The molecule has 1 aliphatic rings. The van der Waals surface area contributed by atoms with Crippen molar-refractivity contribution < 1.29 is 4.74 Å². The van der Waals surface area contributed by atoms with Gasteiger partial charge in [-0.05, 0) is 17.7 Å². The maximum Gasteiger partial charge on any atom is 0.100 e. The zero-order chi connectivity index (χ0) is 11.4. The standard InChI is InChI=1S/C12H15ClN2O/c13-11-3-1-2-10(8-11)9-12(14)15-4-6-16-7-5-15/h1-3,8,14H,4-7,9H2. The molecule has 2 rings (SSSR count). The minimum Gasteiger partial charge on any atom is -0.378 e. The number of amidine groups is 1. The van der Waals surface area contributed by atoms with Crippen molar-refractivity contribution in [3.8, 4) is 0 Å².